The van der Waals surface area contributed by atoms with Crippen LogP contribution in [-0.2, 0) is 10.0 Å². The number of nitro benzene ring substituents is 1. The quantitative estimate of drug-likeness (QED) is 0.623. The lowest BCUT2D eigenvalue weighted by atomic mass is 10.0. The Morgan fingerprint density at radius 1 is 1.08 bits per heavy atom. The standard InChI is InChI=1S/C16H15ClN2O4S/c17-13-5-3-12(4-6-13)16(11-1-2-11)18-24(22,23)15-9-7-14(8-10-15)19(20)21/h3-11,16,18H,1-2H2/t16-/m0/s1. The van der Waals surface area contributed by atoms with E-state index in [0.717, 1.165) is 18.4 Å². The van der Waals surface area contributed by atoms with Gasteiger partial charge in [-0.3, -0.25) is 10.1 Å². The molecule has 3 rings (SSSR count). The smallest absolute Gasteiger partial charge is 0.258 e. The minimum atomic E-state index is -3.77. The predicted molar refractivity (Wildman–Crippen MR) is 90.3 cm³/mol. The zero-order valence-electron chi connectivity index (χ0n) is 12.6. The largest absolute Gasteiger partial charge is 0.269 e. The third kappa shape index (κ3) is 3.75. The van der Waals surface area contributed by atoms with Crippen LogP contribution in [0, 0.1) is 16.0 Å². The number of nitrogens with one attached hydrogen (secondary N) is 1. The molecule has 0 spiro atoms. The zero-order valence-corrected chi connectivity index (χ0v) is 14.1. The Morgan fingerprint density at radius 2 is 1.67 bits per heavy atom. The fraction of sp³-hybridized carbons (Fsp3) is 0.250. The van der Waals surface area contributed by atoms with Gasteiger partial charge in [-0.1, -0.05) is 23.7 Å². The molecule has 1 saturated carbocycles. The summed E-state index contributed by atoms with van der Waals surface area (Å²) in [7, 11) is -3.77. The van der Waals surface area contributed by atoms with Gasteiger partial charge in [0.15, 0.2) is 0 Å². The molecule has 0 bridgehead atoms. The Morgan fingerprint density at radius 3 is 2.17 bits per heavy atom. The second kappa shape index (κ2) is 6.51. The highest BCUT2D eigenvalue weighted by atomic mass is 35.5. The van der Waals surface area contributed by atoms with Gasteiger partial charge in [0.2, 0.25) is 10.0 Å². The van der Waals surface area contributed by atoms with Crippen molar-refractivity contribution in [2.24, 2.45) is 5.92 Å². The van der Waals surface area contributed by atoms with Gasteiger partial charge in [-0.05, 0) is 48.6 Å². The minimum Gasteiger partial charge on any atom is -0.258 e. The van der Waals surface area contributed by atoms with Crippen LogP contribution in [0.4, 0.5) is 5.69 Å². The Balaban J connectivity index is 1.85. The van der Waals surface area contributed by atoms with E-state index in [1.54, 1.807) is 12.1 Å². The second-order valence-corrected chi connectivity index (χ2v) is 7.89. The molecule has 0 amide bonds. The van der Waals surface area contributed by atoms with Crippen molar-refractivity contribution in [3.05, 3.63) is 69.2 Å². The van der Waals surface area contributed by atoms with E-state index in [2.05, 4.69) is 4.72 Å². The van der Waals surface area contributed by atoms with Crippen LogP contribution in [0.3, 0.4) is 0 Å². The van der Waals surface area contributed by atoms with Crippen molar-refractivity contribution in [3.63, 3.8) is 0 Å². The molecule has 1 aliphatic carbocycles. The SMILES string of the molecule is O=[N+]([O-])c1ccc(S(=O)(=O)N[C@H](c2ccc(Cl)cc2)C2CC2)cc1. The molecule has 8 heteroatoms. The molecule has 1 N–H and O–H groups in total. The van der Waals surface area contributed by atoms with Crippen LogP contribution in [0.25, 0.3) is 0 Å². The number of benzene rings is 2. The van der Waals surface area contributed by atoms with Crippen molar-refractivity contribution >= 4 is 27.3 Å². The van der Waals surface area contributed by atoms with Crippen LogP contribution in [-0.4, -0.2) is 13.3 Å². The average Bonchev–Trinajstić information content (AvgIpc) is 3.38. The first-order valence-corrected chi connectivity index (χ1v) is 9.25. The summed E-state index contributed by atoms with van der Waals surface area (Å²) in [6, 6.07) is 11.6. The normalized spacial score (nSPS) is 15.9. The van der Waals surface area contributed by atoms with Gasteiger partial charge >= 0.3 is 0 Å². The van der Waals surface area contributed by atoms with E-state index in [1.807, 2.05) is 12.1 Å². The van der Waals surface area contributed by atoms with Crippen LogP contribution < -0.4 is 4.72 Å². The molecule has 0 heterocycles. The summed E-state index contributed by atoms with van der Waals surface area (Å²) in [6.07, 6.45) is 1.91. The Hall–Kier alpha value is -1.96. The van der Waals surface area contributed by atoms with Crippen LogP contribution in [0.5, 0.6) is 0 Å². The molecule has 24 heavy (non-hydrogen) atoms. The molecule has 1 fully saturated rings. The van der Waals surface area contributed by atoms with Crippen molar-refractivity contribution in [2.45, 2.75) is 23.8 Å². The third-order valence-corrected chi connectivity index (χ3v) is 5.67. The molecular weight excluding hydrogens is 352 g/mol. The van der Waals surface area contributed by atoms with Gasteiger partial charge in [-0.15, -0.1) is 0 Å². The maximum Gasteiger partial charge on any atom is 0.269 e. The summed E-state index contributed by atoms with van der Waals surface area (Å²) in [5.74, 6) is 0.249. The van der Waals surface area contributed by atoms with Gasteiger partial charge in [0.1, 0.15) is 0 Å². The van der Waals surface area contributed by atoms with Gasteiger partial charge in [0, 0.05) is 23.2 Å². The highest BCUT2D eigenvalue weighted by Gasteiger charge is 2.35. The van der Waals surface area contributed by atoms with E-state index in [9.17, 15) is 18.5 Å². The first kappa shape index (κ1) is 16.9. The molecule has 126 valence electrons. The highest BCUT2D eigenvalue weighted by molar-refractivity contribution is 7.89. The first-order chi connectivity index (χ1) is 11.4. The number of sulfonamides is 1. The first-order valence-electron chi connectivity index (χ1n) is 7.39. The van der Waals surface area contributed by atoms with Crippen molar-refractivity contribution in [1.29, 1.82) is 0 Å². The van der Waals surface area contributed by atoms with Gasteiger partial charge in [-0.2, -0.15) is 0 Å². The topological polar surface area (TPSA) is 89.3 Å². The summed E-state index contributed by atoms with van der Waals surface area (Å²) >= 11 is 5.89. The lowest BCUT2D eigenvalue weighted by Gasteiger charge is -2.19. The summed E-state index contributed by atoms with van der Waals surface area (Å²) in [4.78, 5) is 10.1. The Bertz CT molecular complexity index is 847. The van der Waals surface area contributed by atoms with Crippen LogP contribution in [0.15, 0.2) is 53.4 Å². The maximum absolute atomic E-state index is 12.6. The van der Waals surface area contributed by atoms with E-state index in [-0.39, 0.29) is 22.5 Å². The molecule has 6 nitrogen and oxygen atoms in total. The number of hydrogen-bond acceptors (Lipinski definition) is 4. The molecule has 0 aromatic heterocycles. The predicted octanol–water partition coefficient (Wildman–Crippen LogP) is 3.68. The molecule has 1 aliphatic rings. The van der Waals surface area contributed by atoms with Crippen LogP contribution >= 0.6 is 11.6 Å². The molecule has 0 unspecified atom stereocenters. The van der Waals surface area contributed by atoms with Gasteiger partial charge < -0.3 is 0 Å². The van der Waals surface area contributed by atoms with E-state index in [0.29, 0.717) is 5.02 Å². The van der Waals surface area contributed by atoms with Crippen molar-refractivity contribution in [2.75, 3.05) is 0 Å². The lowest BCUT2D eigenvalue weighted by molar-refractivity contribution is -0.384. The Labute approximate surface area is 144 Å². The van der Waals surface area contributed by atoms with E-state index in [4.69, 9.17) is 11.6 Å². The van der Waals surface area contributed by atoms with Gasteiger partial charge in [0.25, 0.3) is 5.69 Å². The maximum atomic E-state index is 12.6. The number of non-ortho nitro benzene ring substituents is 1. The zero-order chi connectivity index (χ0) is 17.3. The molecule has 0 saturated heterocycles. The highest BCUT2D eigenvalue weighted by Crippen LogP contribution is 2.42. The number of halogens is 1. The van der Waals surface area contributed by atoms with Crippen LogP contribution in [0.1, 0.15) is 24.4 Å². The number of hydrogen-bond donors (Lipinski definition) is 1. The third-order valence-electron chi connectivity index (χ3n) is 3.96. The number of nitrogens with zero attached hydrogens (tertiary/aromatic N) is 1. The number of rotatable bonds is 6. The molecular formula is C16H15ClN2O4S. The fourth-order valence-electron chi connectivity index (χ4n) is 2.52. The molecule has 2 aromatic rings. The summed E-state index contributed by atoms with van der Waals surface area (Å²) in [6.45, 7) is 0. The molecule has 1 atom stereocenters. The number of nitro groups is 1. The molecule has 0 aliphatic heterocycles. The summed E-state index contributed by atoms with van der Waals surface area (Å²) < 4.78 is 27.9. The Kier molecular flexibility index (Phi) is 4.58. The summed E-state index contributed by atoms with van der Waals surface area (Å²) in [5, 5.41) is 11.3. The van der Waals surface area contributed by atoms with E-state index < -0.39 is 14.9 Å². The average molecular weight is 367 g/mol. The van der Waals surface area contributed by atoms with E-state index in [1.165, 1.54) is 24.3 Å². The fourth-order valence-corrected chi connectivity index (χ4v) is 3.94. The van der Waals surface area contributed by atoms with Crippen molar-refractivity contribution in [3.8, 4) is 0 Å². The van der Waals surface area contributed by atoms with Gasteiger partial charge in [-0.25, -0.2) is 13.1 Å². The second-order valence-electron chi connectivity index (χ2n) is 5.74. The summed E-state index contributed by atoms with van der Waals surface area (Å²) in [5.41, 5.74) is 0.706. The monoisotopic (exact) mass is 366 g/mol. The van der Waals surface area contributed by atoms with E-state index >= 15 is 0 Å². The van der Waals surface area contributed by atoms with Crippen LogP contribution in [0.2, 0.25) is 5.02 Å². The lowest BCUT2D eigenvalue weighted by Crippen LogP contribution is -2.30. The van der Waals surface area contributed by atoms with Crippen molar-refractivity contribution < 1.29 is 13.3 Å². The molecule has 0 radical (unpaired) electrons. The molecule has 2 aromatic carbocycles. The van der Waals surface area contributed by atoms with Crippen molar-refractivity contribution in [1.82, 2.24) is 4.72 Å². The van der Waals surface area contributed by atoms with Gasteiger partial charge in [0.05, 0.1) is 9.82 Å². The minimum absolute atomic E-state index is 0.00714.